The van der Waals surface area contributed by atoms with E-state index in [-0.39, 0.29) is 0 Å². The molecule has 0 saturated carbocycles. The Morgan fingerprint density at radius 1 is 1.00 bits per heavy atom. The second-order valence-electron chi connectivity index (χ2n) is 6.40. The van der Waals surface area contributed by atoms with Crippen LogP contribution < -0.4 is 5.32 Å². The topological polar surface area (TPSA) is 37.6 Å². The van der Waals surface area contributed by atoms with Crippen LogP contribution in [-0.4, -0.2) is 30.2 Å². The number of hydrogen-bond donors (Lipinski definition) is 1. The van der Waals surface area contributed by atoms with E-state index in [1.165, 1.54) is 11.1 Å². The van der Waals surface area contributed by atoms with Gasteiger partial charge in [0.1, 0.15) is 5.76 Å². The lowest BCUT2D eigenvalue weighted by Gasteiger charge is -2.35. The number of benzene rings is 1. The summed E-state index contributed by atoms with van der Waals surface area (Å²) in [4.78, 5) is 2.49. The van der Waals surface area contributed by atoms with Crippen LogP contribution in [0.1, 0.15) is 30.7 Å². The zero-order chi connectivity index (χ0) is 16.1. The van der Waals surface area contributed by atoms with Crippen molar-refractivity contribution in [3.8, 4) is 0 Å². The zero-order valence-electron chi connectivity index (χ0n) is 14.0. The molecule has 1 aliphatic heterocycles. The number of nitrogens with zero attached hydrogens (tertiary/aromatic N) is 1. The average Bonchev–Trinajstić information content (AvgIpc) is 3.01. The third kappa shape index (κ3) is 4.67. The van der Waals surface area contributed by atoms with Gasteiger partial charge in [0, 0.05) is 26.2 Å². The molecule has 4 nitrogen and oxygen atoms in total. The van der Waals surface area contributed by atoms with Crippen molar-refractivity contribution < 1.29 is 9.15 Å². The van der Waals surface area contributed by atoms with Crippen LogP contribution in [0.2, 0.25) is 0 Å². The highest BCUT2D eigenvalue weighted by Crippen LogP contribution is 2.17. The van der Waals surface area contributed by atoms with Crippen molar-refractivity contribution in [2.75, 3.05) is 13.1 Å². The van der Waals surface area contributed by atoms with Gasteiger partial charge in [-0.2, -0.15) is 0 Å². The predicted octanol–water partition coefficient (Wildman–Crippen LogP) is 3.18. The fraction of sp³-hybridized carbons (Fsp3) is 0.474. The molecule has 2 aromatic rings. The smallest absolute Gasteiger partial charge is 0.117 e. The van der Waals surface area contributed by atoms with Crippen molar-refractivity contribution in [2.45, 2.75) is 45.7 Å². The first kappa shape index (κ1) is 16.2. The van der Waals surface area contributed by atoms with Crippen LogP contribution in [0.25, 0.3) is 0 Å². The Hall–Kier alpha value is -1.62. The molecule has 2 unspecified atom stereocenters. The first-order valence-electron chi connectivity index (χ1n) is 8.38. The molecule has 23 heavy (non-hydrogen) atoms. The molecular formula is C19H26N2O2. The molecule has 0 radical (unpaired) electrons. The Morgan fingerprint density at radius 3 is 2.43 bits per heavy atom. The summed E-state index contributed by atoms with van der Waals surface area (Å²) in [7, 11) is 0. The fourth-order valence-corrected chi connectivity index (χ4v) is 3.27. The third-order valence-corrected chi connectivity index (χ3v) is 4.20. The van der Waals surface area contributed by atoms with Gasteiger partial charge in [-0.3, -0.25) is 4.90 Å². The van der Waals surface area contributed by atoms with Gasteiger partial charge in [-0.05, 0) is 37.1 Å². The second kappa shape index (κ2) is 7.77. The summed E-state index contributed by atoms with van der Waals surface area (Å²) in [6.45, 7) is 8.89. The number of nitrogens with one attached hydrogen (secondary N) is 1. The van der Waals surface area contributed by atoms with Crippen LogP contribution >= 0.6 is 0 Å². The minimum atomic E-state index is 0.308. The van der Waals surface area contributed by atoms with Crippen LogP contribution in [0.3, 0.4) is 0 Å². The maximum Gasteiger partial charge on any atom is 0.117 e. The number of rotatable bonds is 6. The van der Waals surface area contributed by atoms with Gasteiger partial charge in [-0.25, -0.2) is 0 Å². The lowest BCUT2D eigenvalue weighted by molar-refractivity contribution is -0.0705. The van der Waals surface area contributed by atoms with Crippen molar-refractivity contribution in [1.29, 1.82) is 0 Å². The molecule has 1 aromatic heterocycles. The summed E-state index contributed by atoms with van der Waals surface area (Å²) in [5.41, 5.74) is 2.74. The van der Waals surface area contributed by atoms with Crippen molar-refractivity contribution in [3.63, 3.8) is 0 Å². The second-order valence-corrected chi connectivity index (χ2v) is 6.40. The summed E-state index contributed by atoms with van der Waals surface area (Å²) in [5.74, 6) is 0.971. The zero-order valence-corrected chi connectivity index (χ0v) is 14.0. The number of furan rings is 1. The molecule has 2 atom stereocenters. The molecule has 1 aliphatic rings. The highest BCUT2D eigenvalue weighted by atomic mass is 16.5. The van der Waals surface area contributed by atoms with Crippen LogP contribution in [0.15, 0.2) is 47.1 Å². The largest absolute Gasteiger partial charge is 0.468 e. The Morgan fingerprint density at radius 2 is 1.74 bits per heavy atom. The van der Waals surface area contributed by atoms with Gasteiger partial charge < -0.3 is 14.5 Å². The lowest BCUT2D eigenvalue weighted by Crippen LogP contribution is -2.45. The highest BCUT2D eigenvalue weighted by molar-refractivity contribution is 5.27. The highest BCUT2D eigenvalue weighted by Gasteiger charge is 2.22. The normalized spacial score (nSPS) is 22.3. The summed E-state index contributed by atoms with van der Waals surface area (Å²) in [6, 6.07) is 12.6. The van der Waals surface area contributed by atoms with Crippen LogP contribution in [0, 0.1) is 0 Å². The summed E-state index contributed by atoms with van der Waals surface area (Å²) in [5, 5.41) is 3.46. The van der Waals surface area contributed by atoms with Gasteiger partial charge in [-0.15, -0.1) is 0 Å². The molecule has 1 fully saturated rings. The maximum absolute atomic E-state index is 5.83. The molecule has 1 aromatic carbocycles. The number of hydrogen-bond acceptors (Lipinski definition) is 4. The van der Waals surface area contributed by atoms with Crippen molar-refractivity contribution in [1.82, 2.24) is 10.2 Å². The molecular weight excluding hydrogens is 288 g/mol. The minimum Gasteiger partial charge on any atom is -0.468 e. The maximum atomic E-state index is 5.83. The molecule has 0 bridgehead atoms. The van der Waals surface area contributed by atoms with E-state index in [4.69, 9.17) is 9.15 Å². The van der Waals surface area contributed by atoms with Crippen molar-refractivity contribution in [2.24, 2.45) is 0 Å². The first-order chi connectivity index (χ1) is 11.2. The van der Waals surface area contributed by atoms with Gasteiger partial charge in [0.05, 0.1) is 25.0 Å². The van der Waals surface area contributed by atoms with Gasteiger partial charge in [0.15, 0.2) is 0 Å². The third-order valence-electron chi connectivity index (χ3n) is 4.20. The predicted molar refractivity (Wildman–Crippen MR) is 91.0 cm³/mol. The van der Waals surface area contributed by atoms with E-state index in [2.05, 4.69) is 48.3 Å². The van der Waals surface area contributed by atoms with Crippen LogP contribution in [0.4, 0.5) is 0 Å². The summed E-state index contributed by atoms with van der Waals surface area (Å²) >= 11 is 0. The monoisotopic (exact) mass is 314 g/mol. The number of ether oxygens (including phenoxy) is 1. The molecule has 0 spiro atoms. The molecule has 1 saturated heterocycles. The Balaban J connectivity index is 1.58. The molecule has 0 aliphatic carbocycles. The molecule has 3 rings (SSSR count). The van der Waals surface area contributed by atoms with Crippen molar-refractivity contribution >= 4 is 0 Å². The SMILES string of the molecule is CC1CN(Cc2ccccc2CNCc2ccco2)CC(C)O1. The van der Waals surface area contributed by atoms with E-state index < -0.39 is 0 Å². The summed E-state index contributed by atoms with van der Waals surface area (Å²) < 4.78 is 11.2. The Labute approximate surface area is 138 Å². The first-order valence-corrected chi connectivity index (χ1v) is 8.38. The van der Waals surface area contributed by atoms with Crippen molar-refractivity contribution in [3.05, 3.63) is 59.5 Å². The van der Waals surface area contributed by atoms with Gasteiger partial charge in [0.25, 0.3) is 0 Å². The Kier molecular flexibility index (Phi) is 5.49. The molecule has 1 N–H and O–H groups in total. The molecule has 2 heterocycles. The van der Waals surface area contributed by atoms with E-state index >= 15 is 0 Å². The van der Waals surface area contributed by atoms with Crippen LogP contribution in [0.5, 0.6) is 0 Å². The quantitative estimate of drug-likeness (QED) is 0.888. The van der Waals surface area contributed by atoms with Crippen LogP contribution in [-0.2, 0) is 24.4 Å². The standard InChI is InChI=1S/C19H26N2O2/c1-15-12-21(13-16(2)23-15)14-18-7-4-3-6-17(18)10-20-11-19-8-5-9-22-19/h3-9,15-16,20H,10-14H2,1-2H3. The van der Waals surface area contributed by atoms with E-state index in [1.54, 1.807) is 6.26 Å². The van der Waals surface area contributed by atoms with Gasteiger partial charge in [0.2, 0.25) is 0 Å². The minimum absolute atomic E-state index is 0.308. The van der Waals surface area contributed by atoms with E-state index in [9.17, 15) is 0 Å². The molecule has 0 amide bonds. The van der Waals surface area contributed by atoms with Gasteiger partial charge >= 0.3 is 0 Å². The molecule has 4 heteroatoms. The van der Waals surface area contributed by atoms with E-state index in [0.29, 0.717) is 12.2 Å². The van der Waals surface area contributed by atoms with E-state index in [0.717, 1.165) is 38.5 Å². The van der Waals surface area contributed by atoms with Gasteiger partial charge in [-0.1, -0.05) is 24.3 Å². The molecule has 124 valence electrons. The Bertz CT molecular complexity index is 587. The fourth-order valence-electron chi connectivity index (χ4n) is 3.27. The average molecular weight is 314 g/mol. The van der Waals surface area contributed by atoms with E-state index in [1.807, 2.05) is 12.1 Å². The number of morpholine rings is 1. The lowest BCUT2D eigenvalue weighted by atomic mass is 10.1. The summed E-state index contributed by atoms with van der Waals surface area (Å²) in [6.07, 6.45) is 2.33.